The second kappa shape index (κ2) is 4.87. The largest absolute Gasteiger partial charge is 0.463 e. The average molecular weight is 245 g/mol. The van der Waals surface area contributed by atoms with Gasteiger partial charge in [0.15, 0.2) is 4.67 Å². The summed E-state index contributed by atoms with van der Waals surface area (Å²) in [6.45, 7) is 2.14. The van der Waals surface area contributed by atoms with E-state index in [4.69, 9.17) is 9.15 Å². The molecule has 0 aliphatic carbocycles. The Morgan fingerprint density at radius 3 is 3.00 bits per heavy atom. The zero-order chi connectivity index (χ0) is 9.68. The number of esters is 1. The second-order valence-electron chi connectivity index (χ2n) is 2.23. The van der Waals surface area contributed by atoms with Gasteiger partial charge in [0.2, 0.25) is 0 Å². The molecule has 0 unspecified atom stereocenters. The summed E-state index contributed by atoms with van der Waals surface area (Å²) in [5.41, 5.74) is 0. The van der Waals surface area contributed by atoms with E-state index in [9.17, 15) is 4.79 Å². The standard InChI is InChI=1S/C9H9BrO3/c1-2-12-9(11)6-4-7-3-5-8(10)13-7/h3-6H,2H2,1H3. The molecule has 0 saturated carbocycles. The number of ether oxygens (including phenoxy) is 1. The van der Waals surface area contributed by atoms with Gasteiger partial charge in [0.1, 0.15) is 5.76 Å². The number of carbonyl (C=O) groups excluding carboxylic acids is 1. The van der Waals surface area contributed by atoms with Crippen molar-refractivity contribution >= 4 is 28.0 Å². The van der Waals surface area contributed by atoms with E-state index < -0.39 is 0 Å². The lowest BCUT2D eigenvalue weighted by Gasteiger charge is -1.92. The highest BCUT2D eigenvalue weighted by molar-refractivity contribution is 9.10. The normalized spacial score (nSPS) is 10.6. The molecule has 1 heterocycles. The predicted octanol–water partition coefficient (Wildman–Crippen LogP) is 2.62. The van der Waals surface area contributed by atoms with Crippen molar-refractivity contribution in [3.8, 4) is 0 Å². The number of hydrogen-bond acceptors (Lipinski definition) is 3. The van der Waals surface area contributed by atoms with Gasteiger partial charge in [-0.25, -0.2) is 4.79 Å². The quantitative estimate of drug-likeness (QED) is 0.607. The van der Waals surface area contributed by atoms with Crippen LogP contribution in [0.5, 0.6) is 0 Å². The maximum Gasteiger partial charge on any atom is 0.330 e. The molecule has 1 aromatic heterocycles. The molecule has 0 N–H and O–H groups in total. The third kappa shape index (κ3) is 3.46. The van der Waals surface area contributed by atoms with Gasteiger partial charge in [-0.3, -0.25) is 0 Å². The Balaban J connectivity index is 2.53. The van der Waals surface area contributed by atoms with Crippen LogP contribution in [0.3, 0.4) is 0 Å². The van der Waals surface area contributed by atoms with E-state index in [1.165, 1.54) is 6.08 Å². The molecule has 70 valence electrons. The molecular weight excluding hydrogens is 236 g/mol. The van der Waals surface area contributed by atoms with Crippen molar-refractivity contribution in [2.45, 2.75) is 6.92 Å². The van der Waals surface area contributed by atoms with E-state index in [1.54, 1.807) is 25.1 Å². The van der Waals surface area contributed by atoms with Crippen LogP contribution >= 0.6 is 15.9 Å². The van der Waals surface area contributed by atoms with Crippen molar-refractivity contribution in [2.24, 2.45) is 0 Å². The van der Waals surface area contributed by atoms with Crippen LogP contribution in [-0.2, 0) is 9.53 Å². The highest BCUT2D eigenvalue weighted by Gasteiger charge is 1.96. The smallest absolute Gasteiger partial charge is 0.330 e. The first kappa shape index (κ1) is 10.1. The number of hydrogen-bond donors (Lipinski definition) is 0. The molecule has 0 amide bonds. The second-order valence-corrected chi connectivity index (χ2v) is 3.01. The highest BCUT2D eigenvalue weighted by Crippen LogP contribution is 2.14. The Labute approximate surface area is 84.5 Å². The predicted molar refractivity (Wildman–Crippen MR) is 52.1 cm³/mol. The zero-order valence-corrected chi connectivity index (χ0v) is 8.71. The Hall–Kier alpha value is -1.03. The first-order valence-electron chi connectivity index (χ1n) is 3.82. The molecule has 0 atom stereocenters. The topological polar surface area (TPSA) is 39.4 Å². The molecule has 0 aliphatic heterocycles. The Kier molecular flexibility index (Phi) is 3.76. The minimum absolute atomic E-state index is 0.366. The molecule has 3 nitrogen and oxygen atoms in total. The summed E-state index contributed by atoms with van der Waals surface area (Å²) in [5, 5.41) is 0. The van der Waals surface area contributed by atoms with Crippen LogP contribution in [0.25, 0.3) is 6.08 Å². The van der Waals surface area contributed by atoms with E-state index in [-0.39, 0.29) is 5.97 Å². The highest BCUT2D eigenvalue weighted by atomic mass is 79.9. The van der Waals surface area contributed by atoms with Crippen molar-refractivity contribution in [1.82, 2.24) is 0 Å². The van der Waals surface area contributed by atoms with Crippen molar-refractivity contribution in [3.05, 3.63) is 28.6 Å². The fourth-order valence-corrected chi connectivity index (χ4v) is 1.08. The van der Waals surface area contributed by atoms with Gasteiger partial charge in [0.25, 0.3) is 0 Å². The van der Waals surface area contributed by atoms with Gasteiger partial charge >= 0.3 is 5.97 Å². The van der Waals surface area contributed by atoms with Crippen LogP contribution in [0.4, 0.5) is 0 Å². The van der Waals surface area contributed by atoms with Gasteiger partial charge in [-0.1, -0.05) is 0 Å². The molecule has 1 rings (SSSR count). The van der Waals surface area contributed by atoms with Crippen molar-refractivity contribution in [1.29, 1.82) is 0 Å². The molecule has 4 heteroatoms. The van der Waals surface area contributed by atoms with Crippen LogP contribution in [0.15, 0.2) is 27.3 Å². The number of halogens is 1. The van der Waals surface area contributed by atoms with E-state index in [0.29, 0.717) is 17.0 Å². The molecule has 1 aromatic rings. The van der Waals surface area contributed by atoms with Crippen LogP contribution in [0, 0.1) is 0 Å². The van der Waals surface area contributed by atoms with E-state index >= 15 is 0 Å². The Bertz CT molecular complexity index is 314. The van der Waals surface area contributed by atoms with Crippen LogP contribution in [0.1, 0.15) is 12.7 Å². The lowest BCUT2D eigenvalue weighted by molar-refractivity contribution is -0.137. The van der Waals surface area contributed by atoms with Crippen LogP contribution in [-0.4, -0.2) is 12.6 Å². The molecule has 0 radical (unpaired) electrons. The number of rotatable bonds is 3. The van der Waals surface area contributed by atoms with E-state index in [1.807, 2.05) is 0 Å². The number of carbonyl (C=O) groups is 1. The van der Waals surface area contributed by atoms with Crippen LogP contribution < -0.4 is 0 Å². The lowest BCUT2D eigenvalue weighted by Crippen LogP contribution is -1.98. The summed E-state index contributed by atoms with van der Waals surface area (Å²) in [6, 6.07) is 3.50. The summed E-state index contributed by atoms with van der Waals surface area (Å²) in [4.78, 5) is 10.9. The van der Waals surface area contributed by atoms with Gasteiger partial charge in [-0.05, 0) is 41.1 Å². The Morgan fingerprint density at radius 2 is 2.46 bits per heavy atom. The molecular formula is C9H9BrO3. The van der Waals surface area contributed by atoms with E-state index in [0.717, 1.165) is 0 Å². The summed E-state index contributed by atoms with van der Waals surface area (Å²) < 4.78 is 10.5. The fourth-order valence-electron chi connectivity index (χ4n) is 0.758. The van der Waals surface area contributed by atoms with Crippen LogP contribution in [0.2, 0.25) is 0 Å². The number of furan rings is 1. The van der Waals surface area contributed by atoms with Gasteiger partial charge in [0, 0.05) is 6.08 Å². The van der Waals surface area contributed by atoms with Crippen molar-refractivity contribution in [3.63, 3.8) is 0 Å². The minimum atomic E-state index is -0.366. The summed E-state index contributed by atoms with van der Waals surface area (Å²) in [5.74, 6) is 0.245. The molecule has 0 saturated heterocycles. The van der Waals surface area contributed by atoms with Gasteiger partial charge in [0.05, 0.1) is 6.61 Å². The van der Waals surface area contributed by atoms with Crippen molar-refractivity contribution in [2.75, 3.05) is 6.61 Å². The van der Waals surface area contributed by atoms with E-state index in [2.05, 4.69) is 15.9 Å². The Morgan fingerprint density at radius 1 is 1.69 bits per heavy atom. The fraction of sp³-hybridized carbons (Fsp3) is 0.222. The maximum absolute atomic E-state index is 10.9. The first-order valence-corrected chi connectivity index (χ1v) is 4.62. The van der Waals surface area contributed by atoms with Gasteiger partial charge in [-0.15, -0.1) is 0 Å². The third-order valence-electron chi connectivity index (χ3n) is 1.26. The lowest BCUT2D eigenvalue weighted by atomic mass is 10.4. The zero-order valence-electron chi connectivity index (χ0n) is 7.12. The van der Waals surface area contributed by atoms with Gasteiger partial charge < -0.3 is 9.15 Å². The van der Waals surface area contributed by atoms with Gasteiger partial charge in [-0.2, -0.15) is 0 Å². The maximum atomic E-state index is 10.9. The summed E-state index contributed by atoms with van der Waals surface area (Å²) in [6.07, 6.45) is 2.89. The molecule has 0 spiro atoms. The third-order valence-corrected chi connectivity index (χ3v) is 1.69. The molecule has 0 aliphatic rings. The summed E-state index contributed by atoms with van der Waals surface area (Å²) >= 11 is 3.15. The average Bonchev–Trinajstić information content (AvgIpc) is 2.49. The monoisotopic (exact) mass is 244 g/mol. The van der Waals surface area contributed by atoms with Crippen molar-refractivity contribution < 1.29 is 13.9 Å². The minimum Gasteiger partial charge on any atom is -0.463 e. The molecule has 13 heavy (non-hydrogen) atoms. The molecule has 0 aromatic carbocycles. The summed E-state index contributed by atoms with van der Waals surface area (Å²) in [7, 11) is 0. The first-order chi connectivity index (χ1) is 6.22. The SMILES string of the molecule is CCOC(=O)C=Cc1ccc(Br)o1. The molecule has 0 bridgehead atoms. The molecule has 0 fully saturated rings.